The molecule has 1 N–H and O–H groups in total. The second-order valence-electron chi connectivity index (χ2n) is 7.43. The van der Waals surface area contributed by atoms with E-state index in [1.54, 1.807) is 6.07 Å². The molecule has 0 aliphatic carbocycles. The van der Waals surface area contributed by atoms with Gasteiger partial charge in [-0.25, -0.2) is 4.79 Å². The first kappa shape index (κ1) is 21.1. The molecule has 2 unspecified atom stereocenters. The molecule has 2 atom stereocenters. The predicted octanol–water partition coefficient (Wildman–Crippen LogP) is 5.56. The van der Waals surface area contributed by atoms with Crippen molar-refractivity contribution in [3.63, 3.8) is 0 Å². The number of benzene rings is 3. The Morgan fingerprint density at radius 2 is 1.68 bits per heavy atom. The molecule has 1 fully saturated rings. The van der Waals surface area contributed by atoms with Crippen molar-refractivity contribution in [1.29, 1.82) is 0 Å². The van der Waals surface area contributed by atoms with Crippen molar-refractivity contribution in [2.45, 2.75) is 24.9 Å². The van der Waals surface area contributed by atoms with E-state index < -0.39 is 12.0 Å². The number of hydrogen-bond acceptors (Lipinski definition) is 3. The Hall–Kier alpha value is -3.12. The number of carbonyl (C=O) groups is 2. The van der Waals surface area contributed by atoms with Gasteiger partial charge in [-0.05, 0) is 41.7 Å². The number of carbonyl (C=O) groups excluding carboxylic acids is 1. The Morgan fingerprint density at radius 3 is 2.35 bits per heavy atom. The lowest BCUT2D eigenvalue weighted by Gasteiger charge is -2.30. The van der Waals surface area contributed by atoms with Gasteiger partial charge < -0.3 is 14.7 Å². The summed E-state index contributed by atoms with van der Waals surface area (Å²) in [5.41, 5.74) is 2.86. The number of amides is 1. The van der Waals surface area contributed by atoms with E-state index in [1.165, 1.54) is 12.0 Å². The zero-order valence-electron chi connectivity index (χ0n) is 17.0. The largest absolute Gasteiger partial charge is 0.496 e. The van der Waals surface area contributed by atoms with Crippen molar-refractivity contribution in [3.8, 4) is 16.9 Å². The Bertz CT molecular complexity index is 1120. The molecule has 4 rings (SSSR count). The third kappa shape index (κ3) is 3.95. The summed E-state index contributed by atoms with van der Waals surface area (Å²) in [7, 11) is 1.52. The fourth-order valence-electron chi connectivity index (χ4n) is 4.30. The Morgan fingerprint density at radius 1 is 0.968 bits per heavy atom. The van der Waals surface area contributed by atoms with Gasteiger partial charge in [-0.15, -0.1) is 0 Å². The zero-order valence-corrected chi connectivity index (χ0v) is 18.6. The van der Waals surface area contributed by atoms with Crippen LogP contribution in [0.15, 0.2) is 77.3 Å². The number of carboxylic acid groups (broad SMARTS) is 1. The first-order valence-corrected chi connectivity index (χ1v) is 10.8. The first-order valence-electron chi connectivity index (χ1n) is 10.0. The average molecular weight is 480 g/mol. The van der Waals surface area contributed by atoms with E-state index in [1.807, 2.05) is 66.7 Å². The summed E-state index contributed by atoms with van der Waals surface area (Å²) >= 11 is 3.57. The number of rotatable bonds is 5. The van der Waals surface area contributed by atoms with Crippen molar-refractivity contribution < 1.29 is 19.4 Å². The minimum absolute atomic E-state index is 0.345. The van der Waals surface area contributed by atoms with Gasteiger partial charge in [-0.3, -0.25) is 4.79 Å². The second-order valence-corrected chi connectivity index (χ2v) is 8.28. The predicted molar refractivity (Wildman–Crippen MR) is 122 cm³/mol. The average Bonchev–Trinajstić information content (AvgIpc) is 3.24. The highest BCUT2D eigenvalue weighted by Gasteiger charge is 2.43. The van der Waals surface area contributed by atoms with Gasteiger partial charge in [0.25, 0.3) is 5.91 Å². The lowest BCUT2D eigenvalue weighted by Crippen LogP contribution is -2.42. The summed E-state index contributed by atoms with van der Waals surface area (Å²) in [5.74, 6) is -0.922. The second kappa shape index (κ2) is 8.94. The molecule has 0 aromatic heterocycles. The van der Waals surface area contributed by atoms with Crippen LogP contribution in [0.4, 0.5) is 0 Å². The molecule has 5 nitrogen and oxygen atoms in total. The standard InChI is InChI=1S/C25H22BrNO4/c1-31-22-13-7-11-17(16-8-3-2-4-9-16)23(22)24(28)27-20(14-15-21(27)25(29)30)18-10-5-6-12-19(18)26/h2-13,20-21H,14-15H2,1H3,(H,29,30). The van der Waals surface area contributed by atoms with Gasteiger partial charge in [-0.2, -0.15) is 0 Å². The van der Waals surface area contributed by atoms with E-state index in [0.29, 0.717) is 29.7 Å². The molecular formula is C25H22BrNO4. The van der Waals surface area contributed by atoms with Gasteiger partial charge in [-0.1, -0.05) is 76.6 Å². The smallest absolute Gasteiger partial charge is 0.326 e. The summed E-state index contributed by atoms with van der Waals surface area (Å²) in [6.45, 7) is 0. The summed E-state index contributed by atoms with van der Waals surface area (Å²) in [6.07, 6.45) is 0.962. The van der Waals surface area contributed by atoms with E-state index in [9.17, 15) is 14.7 Å². The Kier molecular flexibility index (Phi) is 6.09. The van der Waals surface area contributed by atoms with Gasteiger partial charge in [0.05, 0.1) is 18.7 Å². The number of hydrogen-bond donors (Lipinski definition) is 1. The van der Waals surface area contributed by atoms with Gasteiger partial charge in [0.1, 0.15) is 11.8 Å². The van der Waals surface area contributed by atoms with Crippen molar-refractivity contribution >= 4 is 27.8 Å². The van der Waals surface area contributed by atoms with E-state index in [4.69, 9.17) is 4.74 Å². The van der Waals surface area contributed by atoms with Crippen LogP contribution in [0.3, 0.4) is 0 Å². The quantitative estimate of drug-likeness (QED) is 0.520. The molecule has 3 aromatic rings. The van der Waals surface area contributed by atoms with Gasteiger partial charge in [0.15, 0.2) is 0 Å². The lowest BCUT2D eigenvalue weighted by atomic mass is 9.96. The molecule has 0 saturated carbocycles. The normalized spacial score (nSPS) is 18.1. The number of methoxy groups -OCH3 is 1. The van der Waals surface area contributed by atoms with Crippen LogP contribution in [-0.4, -0.2) is 35.0 Å². The molecule has 1 aliphatic rings. The van der Waals surface area contributed by atoms with Crippen LogP contribution in [0.2, 0.25) is 0 Å². The van der Waals surface area contributed by atoms with Crippen LogP contribution in [-0.2, 0) is 4.79 Å². The number of ether oxygens (including phenoxy) is 1. The Balaban J connectivity index is 1.87. The molecule has 1 heterocycles. The highest BCUT2D eigenvalue weighted by Crippen LogP contribution is 2.42. The molecular weight excluding hydrogens is 458 g/mol. The highest BCUT2D eigenvalue weighted by molar-refractivity contribution is 9.10. The first-order chi connectivity index (χ1) is 15.0. The van der Waals surface area contributed by atoms with Crippen molar-refractivity contribution in [3.05, 3.63) is 88.4 Å². The molecule has 3 aromatic carbocycles. The summed E-state index contributed by atoms with van der Waals surface area (Å²) in [6, 6.07) is 21.4. The minimum atomic E-state index is -1.00. The molecule has 1 saturated heterocycles. The number of halogens is 1. The molecule has 6 heteroatoms. The van der Waals surface area contributed by atoms with Crippen molar-refractivity contribution in [2.75, 3.05) is 7.11 Å². The molecule has 1 amide bonds. The van der Waals surface area contributed by atoms with Gasteiger partial charge in [0.2, 0.25) is 0 Å². The maximum atomic E-state index is 14.0. The zero-order chi connectivity index (χ0) is 22.0. The number of aliphatic carboxylic acids is 1. The fourth-order valence-corrected chi connectivity index (χ4v) is 4.85. The minimum Gasteiger partial charge on any atom is -0.496 e. The van der Waals surface area contributed by atoms with Crippen LogP contribution in [0.25, 0.3) is 11.1 Å². The van der Waals surface area contributed by atoms with Gasteiger partial charge >= 0.3 is 5.97 Å². The van der Waals surface area contributed by atoms with E-state index in [-0.39, 0.29) is 11.9 Å². The van der Waals surface area contributed by atoms with Crippen LogP contribution in [0.5, 0.6) is 5.75 Å². The maximum Gasteiger partial charge on any atom is 0.326 e. The van der Waals surface area contributed by atoms with E-state index >= 15 is 0 Å². The molecule has 31 heavy (non-hydrogen) atoms. The highest BCUT2D eigenvalue weighted by atomic mass is 79.9. The Labute approximate surface area is 189 Å². The fraction of sp³-hybridized carbons (Fsp3) is 0.200. The molecule has 0 radical (unpaired) electrons. The van der Waals surface area contributed by atoms with Crippen LogP contribution < -0.4 is 4.74 Å². The number of nitrogens with zero attached hydrogens (tertiary/aromatic N) is 1. The van der Waals surface area contributed by atoms with Crippen molar-refractivity contribution in [2.24, 2.45) is 0 Å². The maximum absolute atomic E-state index is 14.0. The molecule has 1 aliphatic heterocycles. The van der Waals surface area contributed by atoms with Crippen LogP contribution >= 0.6 is 15.9 Å². The monoisotopic (exact) mass is 479 g/mol. The third-order valence-electron chi connectivity index (χ3n) is 5.71. The van der Waals surface area contributed by atoms with E-state index in [0.717, 1.165) is 15.6 Å². The topological polar surface area (TPSA) is 66.8 Å². The summed E-state index contributed by atoms with van der Waals surface area (Å²) in [4.78, 5) is 27.6. The molecule has 0 spiro atoms. The number of likely N-dealkylation sites (tertiary alicyclic amines) is 1. The van der Waals surface area contributed by atoms with Crippen LogP contribution in [0, 0.1) is 0 Å². The van der Waals surface area contributed by atoms with Gasteiger partial charge in [0, 0.05) is 4.47 Å². The summed E-state index contributed by atoms with van der Waals surface area (Å²) < 4.78 is 6.40. The third-order valence-corrected chi connectivity index (χ3v) is 6.44. The van der Waals surface area contributed by atoms with Crippen LogP contribution in [0.1, 0.15) is 34.8 Å². The summed E-state index contributed by atoms with van der Waals surface area (Å²) in [5, 5.41) is 9.89. The SMILES string of the molecule is COc1cccc(-c2ccccc2)c1C(=O)N1C(C(=O)O)CCC1c1ccccc1Br. The molecule has 0 bridgehead atoms. The number of carboxylic acids is 1. The van der Waals surface area contributed by atoms with E-state index in [2.05, 4.69) is 15.9 Å². The van der Waals surface area contributed by atoms with Crippen molar-refractivity contribution in [1.82, 2.24) is 4.90 Å². The molecule has 158 valence electrons. The lowest BCUT2D eigenvalue weighted by molar-refractivity contribution is -0.141.